The van der Waals surface area contributed by atoms with E-state index in [1.54, 1.807) is 6.33 Å². The van der Waals surface area contributed by atoms with Crippen LogP contribution in [-0.4, -0.2) is 40.2 Å². The van der Waals surface area contributed by atoms with E-state index in [-0.39, 0.29) is 18.4 Å². The van der Waals surface area contributed by atoms with Gasteiger partial charge in [0, 0.05) is 16.3 Å². The van der Waals surface area contributed by atoms with Crippen molar-refractivity contribution in [3.8, 4) is 0 Å². The third kappa shape index (κ3) is 4.63. The molecule has 1 unspecified atom stereocenters. The molecular formula is C23H24ClN4O4P. The maximum absolute atomic E-state index is 13.0. The number of hydrogen-bond donors (Lipinski definition) is 1. The lowest BCUT2D eigenvalue weighted by molar-refractivity contribution is 0.0510. The van der Waals surface area contributed by atoms with Crippen LogP contribution in [0.3, 0.4) is 0 Å². The zero-order valence-electron chi connectivity index (χ0n) is 18.1. The Labute approximate surface area is 196 Å². The minimum absolute atomic E-state index is 0.0205. The second kappa shape index (κ2) is 9.05. The van der Waals surface area contributed by atoms with Crippen molar-refractivity contribution < 1.29 is 18.3 Å². The van der Waals surface area contributed by atoms with Gasteiger partial charge in [-0.2, -0.15) is 0 Å². The smallest absolute Gasteiger partial charge is 0.356 e. The van der Waals surface area contributed by atoms with Gasteiger partial charge in [0.05, 0.1) is 43.2 Å². The number of imidazole rings is 1. The number of halogens is 1. The Hall–Kier alpha value is -2.48. The fourth-order valence-electron chi connectivity index (χ4n) is 4.01. The molecule has 0 spiro atoms. The normalized spacial score (nSPS) is 22.1. The van der Waals surface area contributed by atoms with Crippen LogP contribution >= 0.6 is 19.2 Å². The van der Waals surface area contributed by atoms with E-state index in [4.69, 9.17) is 31.1 Å². The van der Waals surface area contributed by atoms with E-state index in [0.717, 1.165) is 22.0 Å². The molecule has 1 fully saturated rings. The summed E-state index contributed by atoms with van der Waals surface area (Å²) in [4.78, 5) is 8.86. The molecule has 10 heteroatoms. The van der Waals surface area contributed by atoms with Gasteiger partial charge in [-0.05, 0) is 30.7 Å². The first-order valence-corrected chi connectivity index (χ1v) is 12.8. The number of benzene rings is 2. The Bertz CT molecular complexity index is 1350. The molecule has 8 nitrogen and oxygen atoms in total. The number of fused-ring (bicyclic) bond motifs is 3. The lowest BCUT2D eigenvalue weighted by atomic mass is 10.0. The predicted octanol–water partition coefficient (Wildman–Crippen LogP) is 5.21. The van der Waals surface area contributed by atoms with Gasteiger partial charge in [0.25, 0.3) is 0 Å². The van der Waals surface area contributed by atoms with Crippen LogP contribution in [-0.2, 0) is 24.9 Å². The van der Waals surface area contributed by atoms with Gasteiger partial charge in [0.15, 0.2) is 5.82 Å². The van der Waals surface area contributed by atoms with Crippen molar-refractivity contribution in [2.45, 2.75) is 25.5 Å². The van der Waals surface area contributed by atoms with Crippen molar-refractivity contribution in [3.63, 3.8) is 0 Å². The van der Waals surface area contributed by atoms with Gasteiger partial charge >= 0.3 is 7.60 Å². The first-order valence-electron chi connectivity index (χ1n) is 10.7. The van der Waals surface area contributed by atoms with Crippen LogP contribution in [0, 0.1) is 0 Å². The second-order valence-electron chi connectivity index (χ2n) is 8.17. The lowest BCUT2D eigenvalue weighted by Crippen LogP contribution is -2.23. The summed E-state index contributed by atoms with van der Waals surface area (Å²) < 4.78 is 32.1. The van der Waals surface area contributed by atoms with E-state index < -0.39 is 7.60 Å². The van der Waals surface area contributed by atoms with Crippen LogP contribution < -0.4 is 5.73 Å². The first kappa shape index (κ1) is 22.3. The SMILES string of the molecule is CC(Cn1cnc2c(N)nc3ccccc3c21)OCP1(=O)OCC(c2cccc(Cl)c2)CO1. The number of nitrogens with two attached hydrogens (primary N) is 1. The van der Waals surface area contributed by atoms with E-state index in [1.807, 2.05) is 60.0 Å². The Morgan fingerprint density at radius 2 is 2.03 bits per heavy atom. The van der Waals surface area contributed by atoms with Crippen LogP contribution in [0.1, 0.15) is 18.4 Å². The van der Waals surface area contributed by atoms with Crippen molar-refractivity contribution in [2.75, 3.05) is 25.3 Å². The summed E-state index contributed by atoms with van der Waals surface area (Å²) in [5, 5.41) is 1.61. The summed E-state index contributed by atoms with van der Waals surface area (Å²) in [7, 11) is -3.33. The summed E-state index contributed by atoms with van der Waals surface area (Å²) in [6.07, 6.45) is 1.34. The van der Waals surface area contributed by atoms with E-state index in [9.17, 15) is 4.57 Å². The molecule has 2 aromatic heterocycles. The Kier molecular flexibility index (Phi) is 6.12. The number of hydrogen-bond acceptors (Lipinski definition) is 7. The van der Waals surface area contributed by atoms with Crippen molar-refractivity contribution in [1.82, 2.24) is 14.5 Å². The highest BCUT2D eigenvalue weighted by molar-refractivity contribution is 7.53. The molecule has 0 amide bonds. The van der Waals surface area contributed by atoms with Gasteiger partial charge in [-0.1, -0.05) is 41.9 Å². The van der Waals surface area contributed by atoms with Crippen LogP contribution in [0.15, 0.2) is 54.9 Å². The van der Waals surface area contributed by atoms with Gasteiger partial charge < -0.3 is 24.1 Å². The highest BCUT2D eigenvalue weighted by Gasteiger charge is 2.34. The molecule has 3 heterocycles. The van der Waals surface area contributed by atoms with Crippen LogP contribution in [0.2, 0.25) is 5.02 Å². The fourth-order valence-corrected chi connectivity index (χ4v) is 5.69. The molecule has 0 radical (unpaired) electrons. The first-order chi connectivity index (χ1) is 15.9. The standard InChI is InChI=1S/C23H24ClN4O4P/c1-15(10-28-13-26-21-22(28)19-7-2-3-8-20(19)27-23(21)25)30-14-33(29)31-11-17(12-32-33)16-5-4-6-18(24)9-16/h2-9,13,15,17H,10-12,14H2,1H3,(H2,25,27). The molecule has 33 heavy (non-hydrogen) atoms. The quantitative estimate of drug-likeness (QED) is 0.373. The summed E-state index contributed by atoms with van der Waals surface area (Å²) >= 11 is 6.07. The van der Waals surface area contributed by atoms with Gasteiger partial charge in [0.1, 0.15) is 11.9 Å². The highest BCUT2D eigenvalue weighted by Crippen LogP contribution is 2.53. The molecule has 172 valence electrons. The maximum Gasteiger partial charge on any atom is 0.356 e. The second-order valence-corrected chi connectivity index (χ2v) is 10.6. The average molecular weight is 487 g/mol. The minimum Gasteiger partial charge on any atom is -0.382 e. The average Bonchev–Trinajstić information content (AvgIpc) is 3.23. The Morgan fingerprint density at radius 3 is 2.82 bits per heavy atom. The molecule has 1 atom stereocenters. The van der Waals surface area contributed by atoms with Gasteiger partial charge in [-0.15, -0.1) is 0 Å². The largest absolute Gasteiger partial charge is 0.382 e. The summed E-state index contributed by atoms with van der Waals surface area (Å²) in [6.45, 7) is 2.98. The summed E-state index contributed by atoms with van der Waals surface area (Å²) in [5.41, 5.74) is 9.46. The van der Waals surface area contributed by atoms with Crippen molar-refractivity contribution in [3.05, 3.63) is 65.4 Å². The number of ether oxygens (including phenoxy) is 1. The number of nitrogen functional groups attached to an aromatic ring is 1. The van der Waals surface area contributed by atoms with Gasteiger partial charge in [-0.25, -0.2) is 9.97 Å². The van der Waals surface area contributed by atoms with Crippen LogP contribution in [0.4, 0.5) is 5.82 Å². The Morgan fingerprint density at radius 1 is 1.24 bits per heavy atom. The highest BCUT2D eigenvalue weighted by atomic mass is 35.5. The third-order valence-electron chi connectivity index (χ3n) is 5.72. The molecule has 0 saturated carbocycles. The van der Waals surface area contributed by atoms with Crippen LogP contribution in [0.25, 0.3) is 21.9 Å². The minimum atomic E-state index is -3.33. The van der Waals surface area contributed by atoms with Crippen molar-refractivity contribution >= 4 is 47.0 Å². The van der Waals surface area contributed by atoms with E-state index >= 15 is 0 Å². The summed E-state index contributed by atoms with van der Waals surface area (Å²) in [5.74, 6) is 0.367. The summed E-state index contributed by atoms with van der Waals surface area (Å²) in [6, 6.07) is 15.3. The molecule has 1 aliphatic rings. The fraction of sp³-hybridized carbons (Fsp3) is 0.304. The molecule has 5 rings (SSSR count). The number of aromatic nitrogens is 3. The van der Waals surface area contributed by atoms with E-state index in [1.165, 1.54) is 0 Å². The molecule has 2 aromatic carbocycles. The van der Waals surface area contributed by atoms with Crippen LogP contribution in [0.5, 0.6) is 0 Å². The molecule has 0 bridgehead atoms. The molecule has 4 aromatic rings. The third-order valence-corrected chi connectivity index (χ3v) is 7.50. The van der Waals surface area contributed by atoms with Gasteiger partial charge in [-0.3, -0.25) is 4.57 Å². The Balaban J connectivity index is 1.24. The zero-order chi connectivity index (χ0) is 23.0. The molecular weight excluding hydrogens is 463 g/mol. The molecule has 1 aliphatic heterocycles. The van der Waals surface area contributed by atoms with E-state index in [2.05, 4.69) is 9.97 Å². The number of para-hydroxylation sites is 1. The molecule has 0 aliphatic carbocycles. The topological polar surface area (TPSA) is 101 Å². The van der Waals surface area contributed by atoms with Crippen molar-refractivity contribution in [1.29, 1.82) is 0 Å². The number of pyridine rings is 1. The predicted molar refractivity (Wildman–Crippen MR) is 129 cm³/mol. The van der Waals surface area contributed by atoms with E-state index in [0.29, 0.717) is 36.1 Å². The molecule has 1 saturated heterocycles. The zero-order valence-corrected chi connectivity index (χ0v) is 19.7. The number of rotatable bonds is 6. The lowest BCUT2D eigenvalue weighted by Gasteiger charge is -2.29. The molecule has 2 N–H and O–H groups in total. The number of nitrogens with zero attached hydrogens (tertiary/aromatic N) is 3. The van der Waals surface area contributed by atoms with Gasteiger partial charge in [0.2, 0.25) is 0 Å². The maximum atomic E-state index is 13.0. The number of anilines is 1. The monoisotopic (exact) mass is 486 g/mol. The van der Waals surface area contributed by atoms with Crippen molar-refractivity contribution in [2.24, 2.45) is 0 Å².